The van der Waals surface area contributed by atoms with Crippen molar-refractivity contribution in [1.82, 2.24) is 14.5 Å². The third kappa shape index (κ3) is 3.12. The van der Waals surface area contributed by atoms with Gasteiger partial charge < -0.3 is 15.4 Å². The number of aromatic nitrogens is 2. The minimum atomic E-state index is -0.612. The van der Waals surface area contributed by atoms with Crippen LogP contribution in [0.5, 0.6) is 0 Å². The Balaban J connectivity index is 1.99. The fourth-order valence-electron chi connectivity index (χ4n) is 2.84. The molecule has 7 nitrogen and oxygen atoms in total. The molecule has 1 unspecified atom stereocenters. The number of pyridine rings is 1. The van der Waals surface area contributed by atoms with E-state index in [0.717, 1.165) is 0 Å². The molecule has 2 N–H and O–H groups in total. The van der Waals surface area contributed by atoms with Gasteiger partial charge in [0.1, 0.15) is 5.60 Å². The molecule has 0 spiro atoms. The van der Waals surface area contributed by atoms with Crippen molar-refractivity contribution in [3.8, 4) is 0 Å². The van der Waals surface area contributed by atoms with Crippen LogP contribution in [0.15, 0.2) is 24.4 Å². The third-order valence-corrected chi connectivity index (χ3v) is 3.92. The van der Waals surface area contributed by atoms with E-state index in [-0.39, 0.29) is 5.91 Å². The summed E-state index contributed by atoms with van der Waals surface area (Å²) >= 11 is 0. The molecule has 2 aromatic heterocycles. The van der Waals surface area contributed by atoms with Gasteiger partial charge in [0.15, 0.2) is 0 Å². The van der Waals surface area contributed by atoms with Crippen molar-refractivity contribution in [3.63, 3.8) is 0 Å². The molecule has 0 saturated carbocycles. The molecule has 128 valence electrons. The number of nitrogens with two attached hydrogens (primary N) is 1. The average Bonchev–Trinajstić information content (AvgIpc) is 3.00. The largest absolute Gasteiger partial charge is 0.443 e. The van der Waals surface area contributed by atoms with Crippen molar-refractivity contribution in [1.29, 1.82) is 0 Å². The smallest absolute Gasteiger partial charge is 0.419 e. The van der Waals surface area contributed by atoms with E-state index in [0.29, 0.717) is 36.2 Å². The number of hydrogen-bond acceptors (Lipinski definition) is 5. The number of rotatable bonds is 2. The zero-order chi connectivity index (χ0) is 17.5. The Morgan fingerprint density at radius 2 is 2.21 bits per heavy atom. The van der Waals surface area contributed by atoms with Gasteiger partial charge in [-0.3, -0.25) is 9.78 Å². The van der Waals surface area contributed by atoms with Gasteiger partial charge in [0.2, 0.25) is 5.91 Å². The summed E-state index contributed by atoms with van der Waals surface area (Å²) in [4.78, 5) is 30.7. The van der Waals surface area contributed by atoms with Crippen LogP contribution in [-0.4, -0.2) is 44.6 Å². The van der Waals surface area contributed by atoms with E-state index >= 15 is 0 Å². The minimum absolute atomic E-state index is 0.0936. The van der Waals surface area contributed by atoms with E-state index in [9.17, 15) is 9.59 Å². The standard InChI is InChI=1S/C17H22N4O3/c1-17(2,3)24-16(23)21-11(9-13-14(21)5-4-7-19-13)10-20-8-6-12(18)15(20)22/h4-5,7,9,12H,6,8,10,18H2,1-3H3. The van der Waals surface area contributed by atoms with Crippen molar-refractivity contribution in [2.75, 3.05) is 6.54 Å². The number of fused-ring (bicyclic) bond motifs is 1. The second-order valence-electron chi connectivity index (χ2n) is 7.01. The van der Waals surface area contributed by atoms with Gasteiger partial charge in [-0.25, -0.2) is 9.36 Å². The molecule has 7 heteroatoms. The third-order valence-electron chi connectivity index (χ3n) is 3.92. The first-order valence-corrected chi connectivity index (χ1v) is 7.99. The van der Waals surface area contributed by atoms with Gasteiger partial charge in [0, 0.05) is 12.7 Å². The first-order chi connectivity index (χ1) is 11.3. The van der Waals surface area contributed by atoms with Gasteiger partial charge in [-0.1, -0.05) is 0 Å². The van der Waals surface area contributed by atoms with Crippen molar-refractivity contribution >= 4 is 23.0 Å². The molecule has 3 rings (SSSR count). The SMILES string of the molecule is CC(C)(C)OC(=O)n1c(CN2CCC(N)C2=O)cc2ncccc21. The Bertz CT molecular complexity index is 791. The fourth-order valence-corrected chi connectivity index (χ4v) is 2.84. The van der Waals surface area contributed by atoms with Crippen molar-refractivity contribution in [3.05, 3.63) is 30.1 Å². The molecule has 2 aromatic rings. The summed E-state index contributed by atoms with van der Waals surface area (Å²) in [7, 11) is 0. The normalized spacial score (nSPS) is 18.4. The maximum absolute atomic E-state index is 12.7. The summed E-state index contributed by atoms with van der Waals surface area (Å²) in [5.41, 5.74) is 7.19. The van der Waals surface area contributed by atoms with Gasteiger partial charge in [0.25, 0.3) is 0 Å². The Hall–Kier alpha value is -2.41. The van der Waals surface area contributed by atoms with E-state index in [2.05, 4.69) is 4.98 Å². The van der Waals surface area contributed by atoms with E-state index < -0.39 is 17.7 Å². The molecular formula is C17H22N4O3. The first kappa shape index (κ1) is 16.4. The summed E-state index contributed by atoms with van der Waals surface area (Å²) in [6.07, 6.45) is 1.82. The van der Waals surface area contributed by atoms with Crippen molar-refractivity contribution < 1.29 is 14.3 Å². The highest BCUT2D eigenvalue weighted by atomic mass is 16.6. The van der Waals surface area contributed by atoms with Crippen LogP contribution in [0.2, 0.25) is 0 Å². The lowest BCUT2D eigenvalue weighted by molar-refractivity contribution is -0.129. The molecule has 0 aliphatic carbocycles. The summed E-state index contributed by atoms with van der Waals surface area (Å²) in [5, 5.41) is 0. The van der Waals surface area contributed by atoms with Crippen LogP contribution in [0.3, 0.4) is 0 Å². The minimum Gasteiger partial charge on any atom is -0.443 e. The van der Waals surface area contributed by atoms with E-state index in [1.54, 1.807) is 17.2 Å². The summed E-state index contributed by atoms with van der Waals surface area (Å²) in [6, 6.07) is 4.94. The molecule has 0 aromatic carbocycles. The number of carbonyl (C=O) groups is 2. The zero-order valence-electron chi connectivity index (χ0n) is 14.2. The molecule has 1 fully saturated rings. The van der Waals surface area contributed by atoms with Crippen LogP contribution in [0.25, 0.3) is 11.0 Å². The number of hydrogen-bond donors (Lipinski definition) is 1. The topological polar surface area (TPSA) is 90.5 Å². The lowest BCUT2D eigenvalue weighted by Crippen LogP contribution is -2.35. The molecule has 3 heterocycles. The van der Waals surface area contributed by atoms with E-state index in [1.807, 2.05) is 32.9 Å². The monoisotopic (exact) mass is 330 g/mol. The Morgan fingerprint density at radius 3 is 2.83 bits per heavy atom. The maximum Gasteiger partial charge on any atom is 0.419 e. The predicted molar refractivity (Wildman–Crippen MR) is 89.4 cm³/mol. The molecule has 0 radical (unpaired) electrons. The second-order valence-corrected chi connectivity index (χ2v) is 7.01. The zero-order valence-corrected chi connectivity index (χ0v) is 14.2. The van der Waals surface area contributed by atoms with Gasteiger partial charge in [-0.15, -0.1) is 0 Å². The van der Waals surface area contributed by atoms with Gasteiger partial charge >= 0.3 is 6.09 Å². The summed E-state index contributed by atoms with van der Waals surface area (Å²) in [6.45, 7) is 6.35. The van der Waals surface area contributed by atoms with Crippen LogP contribution >= 0.6 is 0 Å². The fraction of sp³-hybridized carbons (Fsp3) is 0.471. The molecule has 1 aliphatic heterocycles. The van der Waals surface area contributed by atoms with Crippen LogP contribution in [0, 0.1) is 0 Å². The highest BCUT2D eigenvalue weighted by Crippen LogP contribution is 2.23. The molecule has 1 amide bonds. The lowest BCUT2D eigenvalue weighted by atomic mass is 10.2. The van der Waals surface area contributed by atoms with Crippen molar-refractivity contribution in [2.24, 2.45) is 5.73 Å². The molecule has 24 heavy (non-hydrogen) atoms. The molecule has 0 bridgehead atoms. The maximum atomic E-state index is 12.7. The van der Waals surface area contributed by atoms with Gasteiger partial charge in [-0.05, 0) is 45.4 Å². The molecular weight excluding hydrogens is 308 g/mol. The number of carbonyl (C=O) groups excluding carboxylic acids is 2. The summed E-state index contributed by atoms with van der Waals surface area (Å²) in [5.74, 6) is -0.0936. The number of likely N-dealkylation sites (tertiary alicyclic amines) is 1. The number of amides is 1. The number of nitrogens with zero attached hydrogens (tertiary/aromatic N) is 3. The molecule has 1 saturated heterocycles. The Morgan fingerprint density at radius 1 is 1.46 bits per heavy atom. The highest BCUT2D eigenvalue weighted by Gasteiger charge is 2.30. The average molecular weight is 330 g/mol. The van der Waals surface area contributed by atoms with Crippen LogP contribution in [-0.2, 0) is 16.1 Å². The van der Waals surface area contributed by atoms with Crippen molar-refractivity contribution in [2.45, 2.75) is 45.4 Å². The van der Waals surface area contributed by atoms with Crippen LogP contribution < -0.4 is 5.73 Å². The Labute approximate surface area is 140 Å². The van der Waals surface area contributed by atoms with E-state index in [1.165, 1.54) is 4.57 Å². The van der Waals surface area contributed by atoms with E-state index in [4.69, 9.17) is 10.5 Å². The highest BCUT2D eigenvalue weighted by molar-refractivity contribution is 5.89. The first-order valence-electron chi connectivity index (χ1n) is 7.99. The van der Waals surface area contributed by atoms with Crippen LogP contribution in [0.1, 0.15) is 32.9 Å². The molecule has 1 aliphatic rings. The quantitative estimate of drug-likeness (QED) is 0.908. The van der Waals surface area contributed by atoms with Crippen LogP contribution in [0.4, 0.5) is 4.79 Å². The number of ether oxygens (including phenoxy) is 1. The molecule has 1 atom stereocenters. The lowest BCUT2D eigenvalue weighted by Gasteiger charge is -2.22. The predicted octanol–water partition coefficient (Wildman–Crippen LogP) is 1.88. The second kappa shape index (κ2) is 5.90. The van der Waals surface area contributed by atoms with Gasteiger partial charge in [-0.2, -0.15) is 0 Å². The summed E-state index contributed by atoms with van der Waals surface area (Å²) < 4.78 is 7.00. The van der Waals surface area contributed by atoms with Gasteiger partial charge in [0.05, 0.1) is 29.3 Å². The Kier molecular flexibility index (Phi) is 4.04.